The fraction of sp³-hybridized carbons (Fsp3) is 0.200. The second kappa shape index (κ2) is 6.48. The van der Waals surface area contributed by atoms with Crippen LogP contribution in [0.1, 0.15) is 0 Å². The molecule has 0 aliphatic carbocycles. The van der Waals surface area contributed by atoms with Crippen molar-refractivity contribution in [3.8, 4) is 11.6 Å². The molecular formula is C15H15N3O6S. The van der Waals surface area contributed by atoms with Gasteiger partial charge in [0.05, 0.1) is 11.1 Å². The highest BCUT2D eigenvalue weighted by Crippen LogP contribution is 2.38. The predicted molar refractivity (Wildman–Crippen MR) is 89.8 cm³/mol. The van der Waals surface area contributed by atoms with Crippen LogP contribution in [-0.2, 0) is 15.0 Å². The SMILES string of the molecule is C=CCOc1cc2onc(OCC=C)c2cc1N1CC(=O)NS1(=O)=O. The maximum atomic E-state index is 12.2. The van der Waals surface area contributed by atoms with Gasteiger partial charge in [-0.05, 0) is 11.2 Å². The van der Waals surface area contributed by atoms with Crippen molar-refractivity contribution in [2.45, 2.75) is 0 Å². The van der Waals surface area contributed by atoms with Gasteiger partial charge in [-0.2, -0.15) is 8.42 Å². The van der Waals surface area contributed by atoms with E-state index >= 15 is 0 Å². The van der Waals surface area contributed by atoms with Crippen LogP contribution in [0.25, 0.3) is 11.0 Å². The molecule has 2 heterocycles. The number of anilines is 1. The van der Waals surface area contributed by atoms with Gasteiger partial charge in [0.15, 0.2) is 5.58 Å². The summed E-state index contributed by atoms with van der Waals surface area (Å²) in [4.78, 5) is 11.5. The van der Waals surface area contributed by atoms with E-state index in [4.69, 9.17) is 14.0 Å². The Balaban J connectivity index is 2.13. The van der Waals surface area contributed by atoms with Crippen molar-refractivity contribution in [2.24, 2.45) is 0 Å². The molecule has 0 unspecified atom stereocenters. The van der Waals surface area contributed by atoms with Crippen LogP contribution < -0.4 is 18.5 Å². The van der Waals surface area contributed by atoms with Crippen molar-refractivity contribution < 1.29 is 27.2 Å². The Morgan fingerprint density at radius 2 is 2.00 bits per heavy atom. The Morgan fingerprint density at radius 3 is 2.64 bits per heavy atom. The fourth-order valence-corrected chi connectivity index (χ4v) is 3.45. The molecule has 2 aromatic rings. The monoisotopic (exact) mass is 365 g/mol. The Bertz CT molecular complexity index is 950. The number of ether oxygens (including phenoxy) is 2. The molecule has 0 saturated carbocycles. The lowest BCUT2D eigenvalue weighted by atomic mass is 10.2. The summed E-state index contributed by atoms with van der Waals surface area (Å²) in [5, 5.41) is 4.24. The number of hydrogen-bond donors (Lipinski definition) is 1. The number of carbonyl (C=O) groups is 1. The van der Waals surface area contributed by atoms with Crippen LogP contribution >= 0.6 is 0 Å². The lowest BCUT2D eigenvalue weighted by Gasteiger charge is -2.18. The molecular weight excluding hydrogens is 350 g/mol. The largest absolute Gasteiger partial charge is 0.487 e. The molecule has 1 aromatic carbocycles. The van der Waals surface area contributed by atoms with Crippen molar-refractivity contribution in [1.29, 1.82) is 0 Å². The minimum absolute atomic E-state index is 0.141. The zero-order valence-corrected chi connectivity index (χ0v) is 13.9. The van der Waals surface area contributed by atoms with Crippen molar-refractivity contribution >= 4 is 32.8 Å². The van der Waals surface area contributed by atoms with E-state index in [-0.39, 0.29) is 37.1 Å². The zero-order valence-electron chi connectivity index (χ0n) is 13.1. The Morgan fingerprint density at radius 1 is 1.28 bits per heavy atom. The average molecular weight is 365 g/mol. The zero-order chi connectivity index (χ0) is 18.0. The summed E-state index contributed by atoms with van der Waals surface area (Å²) in [5.74, 6) is -0.246. The standard InChI is InChI=1S/C15H15N3O6S/c1-3-5-22-13-8-12-10(15(16-24-12)23-6-4-2)7-11(13)18-9-14(19)17-25(18,20)21/h3-4,7-8H,1-2,5-6,9H2,(H,17,19). The first-order chi connectivity index (χ1) is 12.0. The normalized spacial score (nSPS) is 15.8. The number of aromatic nitrogens is 1. The second-order valence-corrected chi connectivity index (χ2v) is 6.64. The summed E-state index contributed by atoms with van der Waals surface area (Å²) in [5.41, 5.74) is 0.511. The summed E-state index contributed by atoms with van der Waals surface area (Å²) in [6.07, 6.45) is 3.05. The highest BCUT2D eigenvalue weighted by Gasteiger charge is 2.36. The average Bonchev–Trinajstić information content (AvgIpc) is 3.08. The van der Waals surface area contributed by atoms with Crippen LogP contribution in [0.3, 0.4) is 0 Å². The molecule has 0 radical (unpaired) electrons. The van der Waals surface area contributed by atoms with Crippen LogP contribution in [0.4, 0.5) is 5.69 Å². The number of amides is 1. The summed E-state index contributed by atoms with van der Waals surface area (Å²) < 4.78 is 43.3. The molecule has 9 nitrogen and oxygen atoms in total. The van der Waals surface area contributed by atoms with Crippen molar-refractivity contribution in [3.63, 3.8) is 0 Å². The van der Waals surface area contributed by atoms with E-state index < -0.39 is 16.1 Å². The van der Waals surface area contributed by atoms with Gasteiger partial charge >= 0.3 is 10.2 Å². The van der Waals surface area contributed by atoms with Gasteiger partial charge in [0.2, 0.25) is 0 Å². The summed E-state index contributed by atoms with van der Waals surface area (Å²) in [6, 6.07) is 2.97. The quantitative estimate of drug-likeness (QED) is 0.732. The third kappa shape index (κ3) is 3.15. The Kier molecular flexibility index (Phi) is 4.36. The molecule has 1 aliphatic heterocycles. The molecule has 0 bridgehead atoms. The van der Waals surface area contributed by atoms with E-state index in [9.17, 15) is 13.2 Å². The van der Waals surface area contributed by atoms with Crippen molar-refractivity contribution in [2.75, 3.05) is 24.1 Å². The first-order valence-corrected chi connectivity index (χ1v) is 8.64. The molecule has 1 saturated heterocycles. The first kappa shape index (κ1) is 16.8. The fourth-order valence-electron chi connectivity index (χ4n) is 2.29. The van der Waals surface area contributed by atoms with Gasteiger partial charge in [-0.1, -0.05) is 25.3 Å². The van der Waals surface area contributed by atoms with Crippen LogP contribution in [-0.4, -0.2) is 39.2 Å². The van der Waals surface area contributed by atoms with Crippen LogP contribution in [0.5, 0.6) is 11.6 Å². The molecule has 10 heteroatoms. The second-order valence-electron chi connectivity index (χ2n) is 5.04. The lowest BCUT2D eigenvalue weighted by Crippen LogP contribution is -2.29. The van der Waals surface area contributed by atoms with E-state index in [0.717, 1.165) is 4.31 Å². The highest BCUT2D eigenvalue weighted by molar-refractivity contribution is 7.92. The van der Waals surface area contributed by atoms with Gasteiger partial charge in [0.1, 0.15) is 25.5 Å². The third-order valence-electron chi connectivity index (χ3n) is 3.30. The van der Waals surface area contributed by atoms with Gasteiger partial charge in [-0.15, -0.1) is 0 Å². The van der Waals surface area contributed by atoms with E-state index in [1.54, 1.807) is 0 Å². The van der Waals surface area contributed by atoms with Gasteiger partial charge in [-0.25, -0.2) is 9.03 Å². The summed E-state index contributed by atoms with van der Waals surface area (Å²) >= 11 is 0. The Hall–Kier alpha value is -3.01. The molecule has 1 aliphatic rings. The van der Waals surface area contributed by atoms with Crippen molar-refractivity contribution in [3.05, 3.63) is 37.4 Å². The van der Waals surface area contributed by atoms with Gasteiger partial charge < -0.3 is 14.0 Å². The molecule has 132 valence electrons. The molecule has 1 N–H and O–H groups in total. The minimum atomic E-state index is -4.00. The number of rotatable bonds is 7. The highest BCUT2D eigenvalue weighted by atomic mass is 32.2. The molecule has 1 fully saturated rings. The first-order valence-electron chi connectivity index (χ1n) is 7.20. The molecule has 1 amide bonds. The Labute approximate surface area is 143 Å². The van der Waals surface area contributed by atoms with Crippen LogP contribution in [0.2, 0.25) is 0 Å². The summed E-state index contributed by atoms with van der Waals surface area (Å²) in [6.45, 7) is 7.09. The third-order valence-corrected chi connectivity index (χ3v) is 4.69. The van der Waals surface area contributed by atoms with E-state index in [1.807, 2.05) is 4.72 Å². The van der Waals surface area contributed by atoms with Gasteiger partial charge in [0.25, 0.3) is 11.8 Å². The van der Waals surface area contributed by atoms with Crippen LogP contribution in [0, 0.1) is 0 Å². The molecule has 0 atom stereocenters. The smallest absolute Gasteiger partial charge is 0.326 e. The molecule has 3 rings (SSSR count). The lowest BCUT2D eigenvalue weighted by molar-refractivity contribution is -0.117. The predicted octanol–water partition coefficient (Wildman–Crippen LogP) is 1.14. The topological polar surface area (TPSA) is 111 Å². The maximum absolute atomic E-state index is 12.2. The number of nitrogens with zero attached hydrogens (tertiary/aromatic N) is 2. The number of hydrogen-bond acceptors (Lipinski definition) is 7. The van der Waals surface area contributed by atoms with E-state index in [0.29, 0.717) is 11.0 Å². The molecule has 0 spiro atoms. The minimum Gasteiger partial charge on any atom is -0.487 e. The number of carbonyl (C=O) groups excluding carboxylic acids is 1. The van der Waals surface area contributed by atoms with Crippen LogP contribution in [0.15, 0.2) is 42.0 Å². The van der Waals surface area contributed by atoms with E-state index in [1.165, 1.54) is 24.3 Å². The van der Waals surface area contributed by atoms with Crippen molar-refractivity contribution in [1.82, 2.24) is 9.88 Å². The number of nitrogens with one attached hydrogen (secondary N) is 1. The van der Waals surface area contributed by atoms with Gasteiger partial charge in [0, 0.05) is 6.07 Å². The molecule has 1 aromatic heterocycles. The number of fused-ring (bicyclic) bond motifs is 1. The maximum Gasteiger partial charge on any atom is 0.326 e. The van der Waals surface area contributed by atoms with E-state index in [2.05, 4.69) is 18.3 Å². The van der Waals surface area contributed by atoms with Gasteiger partial charge in [-0.3, -0.25) is 4.79 Å². The number of benzene rings is 1. The summed E-state index contributed by atoms with van der Waals surface area (Å²) in [7, 11) is -4.00. The molecule has 25 heavy (non-hydrogen) atoms.